The molecule has 0 atom stereocenters. The van der Waals surface area contributed by atoms with Gasteiger partial charge in [0.1, 0.15) is 4.70 Å². The maximum atomic E-state index is 12.7. The van der Waals surface area contributed by atoms with Gasteiger partial charge in [0, 0.05) is 24.7 Å². The maximum absolute atomic E-state index is 12.7. The monoisotopic (exact) mass is 383 g/mol. The number of hydrogen-bond acceptors (Lipinski definition) is 6. The number of benzene rings is 1. The first kappa shape index (κ1) is 17.7. The van der Waals surface area contributed by atoms with Crippen molar-refractivity contribution in [3.63, 3.8) is 0 Å². The zero-order chi connectivity index (χ0) is 19.0. The average Bonchev–Trinajstić information content (AvgIpc) is 3.10. The molecular weight excluding hydrogens is 362 g/mol. The molecule has 1 amide bonds. The topological polar surface area (TPSA) is 91.0 Å². The summed E-state index contributed by atoms with van der Waals surface area (Å²) in [6.07, 6.45) is 2.89. The number of H-pyrrole nitrogens is 1. The van der Waals surface area contributed by atoms with Crippen LogP contribution in [0.25, 0.3) is 10.3 Å². The van der Waals surface area contributed by atoms with E-state index in [1.54, 1.807) is 0 Å². The number of anilines is 2. The van der Waals surface area contributed by atoms with Crippen molar-refractivity contribution in [1.29, 1.82) is 0 Å². The van der Waals surface area contributed by atoms with E-state index in [4.69, 9.17) is 0 Å². The largest absolute Gasteiger partial charge is 0.348 e. The van der Waals surface area contributed by atoms with Gasteiger partial charge in [-0.15, -0.1) is 0 Å². The third-order valence-electron chi connectivity index (χ3n) is 4.97. The zero-order valence-corrected chi connectivity index (χ0v) is 16.1. The number of carbonyl (C=O) groups excluding carboxylic acids is 1. The quantitative estimate of drug-likeness (QED) is 0.726. The van der Waals surface area contributed by atoms with Crippen molar-refractivity contribution < 1.29 is 4.79 Å². The fourth-order valence-electron chi connectivity index (χ4n) is 3.33. The van der Waals surface area contributed by atoms with Gasteiger partial charge in [0.25, 0.3) is 5.56 Å². The first-order valence-corrected chi connectivity index (χ1v) is 9.80. The molecule has 2 N–H and O–H groups in total. The molecule has 0 saturated carbocycles. The summed E-state index contributed by atoms with van der Waals surface area (Å²) in [7, 11) is 0. The second-order valence-corrected chi connectivity index (χ2v) is 7.93. The summed E-state index contributed by atoms with van der Waals surface area (Å²) in [5.41, 5.74) is 3.41. The van der Waals surface area contributed by atoms with Gasteiger partial charge in [-0.3, -0.25) is 9.59 Å². The van der Waals surface area contributed by atoms with E-state index in [1.165, 1.54) is 17.7 Å². The highest BCUT2D eigenvalue weighted by molar-refractivity contribution is 7.22. The van der Waals surface area contributed by atoms with Crippen molar-refractivity contribution in [3.8, 4) is 0 Å². The minimum absolute atomic E-state index is 0.0166. The van der Waals surface area contributed by atoms with Crippen LogP contribution in [-0.2, 0) is 4.79 Å². The number of hydrogen-bond donors (Lipinski definition) is 2. The Bertz CT molecular complexity index is 1050. The predicted octanol–water partition coefficient (Wildman–Crippen LogP) is 2.85. The lowest BCUT2D eigenvalue weighted by Crippen LogP contribution is -2.38. The highest BCUT2D eigenvalue weighted by Gasteiger charge is 2.27. The molecule has 1 aromatic carbocycles. The number of aromatic amines is 1. The summed E-state index contributed by atoms with van der Waals surface area (Å²) in [5, 5.41) is 3.87. The Morgan fingerprint density at radius 3 is 2.81 bits per heavy atom. The Balaban J connectivity index is 1.42. The standard InChI is InChI=1S/C19H21N5O2S/c1-11-3-4-12(2)14(9-11)22-17(25)13-5-7-24(8-6-13)19-23-16-15(27-19)18(26)21-10-20-16/h3-4,9-10,13H,5-8H2,1-2H3,(H,22,25)(H,20,21,26). The van der Waals surface area contributed by atoms with Crippen LogP contribution in [0.4, 0.5) is 10.8 Å². The number of piperidine rings is 1. The van der Waals surface area contributed by atoms with E-state index < -0.39 is 0 Å². The summed E-state index contributed by atoms with van der Waals surface area (Å²) in [6.45, 7) is 5.50. The number of nitrogens with one attached hydrogen (secondary N) is 2. The van der Waals surface area contributed by atoms with Crippen molar-refractivity contribution in [2.24, 2.45) is 5.92 Å². The van der Waals surface area contributed by atoms with Crippen LogP contribution in [0.15, 0.2) is 29.3 Å². The summed E-state index contributed by atoms with van der Waals surface area (Å²) >= 11 is 1.35. The van der Waals surface area contributed by atoms with Crippen LogP contribution in [0.5, 0.6) is 0 Å². The number of amides is 1. The smallest absolute Gasteiger partial charge is 0.270 e. The number of aromatic nitrogens is 3. The predicted molar refractivity (Wildman–Crippen MR) is 108 cm³/mol. The highest BCUT2D eigenvalue weighted by Crippen LogP contribution is 2.29. The molecule has 1 aliphatic heterocycles. The summed E-state index contributed by atoms with van der Waals surface area (Å²) < 4.78 is 0.544. The molecule has 0 bridgehead atoms. The van der Waals surface area contributed by atoms with Crippen LogP contribution in [0.2, 0.25) is 0 Å². The van der Waals surface area contributed by atoms with Crippen molar-refractivity contribution >= 4 is 38.4 Å². The van der Waals surface area contributed by atoms with Crippen LogP contribution in [0, 0.1) is 19.8 Å². The molecule has 27 heavy (non-hydrogen) atoms. The van der Waals surface area contributed by atoms with E-state index in [2.05, 4.69) is 25.2 Å². The molecule has 0 aliphatic carbocycles. The number of thiazole rings is 1. The number of fused-ring (bicyclic) bond motifs is 1. The zero-order valence-electron chi connectivity index (χ0n) is 15.3. The number of aryl methyl sites for hydroxylation is 2. The van der Waals surface area contributed by atoms with Gasteiger partial charge in [0.15, 0.2) is 10.8 Å². The molecular formula is C19H21N5O2S. The van der Waals surface area contributed by atoms with Crippen molar-refractivity contribution in [3.05, 3.63) is 46.0 Å². The molecule has 3 aromatic rings. The molecule has 0 radical (unpaired) electrons. The van der Waals surface area contributed by atoms with E-state index in [0.29, 0.717) is 10.3 Å². The van der Waals surface area contributed by atoms with Crippen LogP contribution in [0.1, 0.15) is 24.0 Å². The summed E-state index contributed by atoms with van der Waals surface area (Å²) in [6, 6.07) is 6.08. The Hall–Kier alpha value is -2.74. The van der Waals surface area contributed by atoms with Crippen LogP contribution >= 0.6 is 11.3 Å². The van der Waals surface area contributed by atoms with Gasteiger partial charge in [0.2, 0.25) is 5.91 Å². The number of carbonyl (C=O) groups is 1. The molecule has 140 valence electrons. The van der Waals surface area contributed by atoms with Crippen LogP contribution < -0.4 is 15.8 Å². The van der Waals surface area contributed by atoms with Crippen molar-refractivity contribution in [1.82, 2.24) is 15.0 Å². The van der Waals surface area contributed by atoms with Crippen molar-refractivity contribution in [2.75, 3.05) is 23.3 Å². The molecule has 0 unspecified atom stereocenters. The van der Waals surface area contributed by atoms with E-state index >= 15 is 0 Å². The molecule has 3 heterocycles. The summed E-state index contributed by atoms with van der Waals surface area (Å²) in [4.78, 5) is 37.8. The molecule has 0 spiro atoms. The third kappa shape index (κ3) is 3.57. The summed E-state index contributed by atoms with van der Waals surface area (Å²) in [5.74, 6) is 0.0582. The molecule has 7 nitrogen and oxygen atoms in total. The van der Waals surface area contributed by atoms with E-state index in [1.807, 2.05) is 32.0 Å². The molecule has 8 heteroatoms. The number of rotatable bonds is 3. The lowest BCUT2D eigenvalue weighted by atomic mass is 9.96. The molecule has 2 aromatic heterocycles. The maximum Gasteiger partial charge on any atom is 0.270 e. The highest BCUT2D eigenvalue weighted by atomic mass is 32.1. The van der Waals surface area contributed by atoms with Gasteiger partial charge in [0.05, 0.1) is 6.33 Å². The second kappa shape index (κ2) is 7.11. The lowest BCUT2D eigenvalue weighted by molar-refractivity contribution is -0.120. The van der Waals surface area contributed by atoms with Gasteiger partial charge in [-0.1, -0.05) is 23.5 Å². The Morgan fingerprint density at radius 1 is 1.30 bits per heavy atom. The molecule has 1 saturated heterocycles. The minimum atomic E-state index is -0.161. The van der Waals surface area contributed by atoms with Gasteiger partial charge in [-0.05, 0) is 43.9 Å². The Kier molecular flexibility index (Phi) is 4.65. The number of nitrogens with zero attached hydrogens (tertiary/aromatic N) is 3. The second-order valence-electron chi connectivity index (χ2n) is 6.95. The minimum Gasteiger partial charge on any atom is -0.348 e. The molecule has 4 rings (SSSR count). The lowest BCUT2D eigenvalue weighted by Gasteiger charge is -2.31. The van der Waals surface area contributed by atoms with E-state index in [9.17, 15) is 9.59 Å². The van der Waals surface area contributed by atoms with Gasteiger partial charge in [-0.2, -0.15) is 4.98 Å². The first-order valence-electron chi connectivity index (χ1n) is 8.98. The van der Waals surface area contributed by atoms with Gasteiger partial charge >= 0.3 is 0 Å². The van der Waals surface area contributed by atoms with E-state index in [0.717, 1.165) is 47.9 Å². The molecule has 1 aliphatic rings. The van der Waals surface area contributed by atoms with Crippen LogP contribution in [-0.4, -0.2) is 33.9 Å². The average molecular weight is 383 g/mol. The fraction of sp³-hybridized carbons (Fsp3) is 0.368. The third-order valence-corrected chi connectivity index (χ3v) is 6.08. The van der Waals surface area contributed by atoms with Gasteiger partial charge < -0.3 is 15.2 Å². The molecule has 1 fully saturated rings. The Morgan fingerprint density at radius 2 is 2.07 bits per heavy atom. The van der Waals surface area contributed by atoms with Crippen molar-refractivity contribution in [2.45, 2.75) is 26.7 Å². The van der Waals surface area contributed by atoms with Gasteiger partial charge in [-0.25, -0.2) is 4.98 Å². The first-order chi connectivity index (χ1) is 13.0. The van der Waals surface area contributed by atoms with E-state index in [-0.39, 0.29) is 17.4 Å². The Labute approximate surface area is 160 Å². The SMILES string of the molecule is Cc1ccc(C)c(NC(=O)C2CCN(c3nc4nc[nH]c(=O)c4s3)CC2)c1. The fourth-order valence-corrected chi connectivity index (χ4v) is 4.30. The van der Waals surface area contributed by atoms with Crippen LogP contribution in [0.3, 0.4) is 0 Å². The normalized spacial score (nSPS) is 15.3.